The maximum Gasteiger partial charge on any atom is 0.108 e. The third-order valence-electron chi connectivity index (χ3n) is 3.04. The summed E-state index contributed by atoms with van der Waals surface area (Å²) < 4.78 is 0. The molecular weight excluding hydrogens is 236 g/mol. The number of fused-ring (bicyclic) bond motifs is 1. The van der Waals surface area contributed by atoms with E-state index in [1.165, 1.54) is 10.8 Å². The summed E-state index contributed by atoms with van der Waals surface area (Å²) >= 11 is 0. The van der Waals surface area contributed by atoms with Crippen molar-refractivity contribution in [2.45, 2.75) is 0 Å². The van der Waals surface area contributed by atoms with Crippen molar-refractivity contribution in [3.05, 3.63) is 71.6 Å². The molecule has 0 saturated carbocycles. The first-order valence-corrected chi connectivity index (χ1v) is 6.05. The van der Waals surface area contributed by atoms with Crippen LogP contribution in [0.25, 0.3) is 10.8 Å². The maximum atomic E-state index is 10.4. The summed E-state index contributed by atoms with van der Waals surface area (Å²) in [7, 11) is 0. The molecule has 0 atom stereocenters. The molecule has 0 spiro atoms. The number of rotatable bonds is 3. The summed E-state index contributed by atoms with van der Waals surface area (Å²) in [6.45, 7) is 0. The van der Waals surface area contributed by atoms with E-state index in [9.17, 15) is 4.91 Å². The third kappa shape index (κ3) is 2.31. The van der Waals surface area contributed by atoms with Gasteiger partial charge in [0.15, 0.2) is 0 Å². The Morgan fingerprint density at radius 1 is 0.789 bits per heavy atom. The zero-order chi connectivity index (χ0) is 13.1. The second-order valence-electron chi connectivity index (χ2n) is 4.29. The van der Waals surface area contributed by atoms with E-state index in [0.29, 0.717) is 5.69 Å². The van der Waals surface area contributed by atoms with Crippen LogP contribution in [-0.2, 0) is 0 Å². The fourth-order valence-corrected chi connectivity index (χ4v) is 2.10. The molecule has 3 heteroatoms. The molecule has 0 bridgehead atoms. The van der Waals surface area contributed by atoms with Gasteiger partial charge in [0.05, 0.1) is 0 Å². The second-order valence-corrected chi connectivity index (χ2v) is 4.29. The minimum atomic E-state index is 0.434. The van der Waals surface area contributed by atoms with Gasteiger partial charge in [-0.05, 0) is 40.9 Å². The Balaban J connectivity index is 1.98. The quantitative estimate of drug-likeness (QED) is 0.664. The molecule has 19 heavy (non-hydrogen) atoms. The number of nitrogens with one attached hydrogen (secondary N) is 1. The van der Waals surface area contributed by atoms with Gasteiger partial charge in [0.25, 0.3) is 0 Å². The average Bonchev–Trinajstić information content (AvgIpc) is 2.48. The Hall–Kier alpha value is -2.68. The van der Waals surface area contributed by atoms with E-state index < -0.39 is 0 Å². The second kappa shape index (κ2) is 4.90. The molecule has 1 N–H and O–H groups in total. The van der Waals surface area contributed by atoms with Crippen molar-refractivity contribution >= 4 is 27.8 Å². The average molecular weight is 248 g/mol. The van der Waals surface area contributed by atoms with Crippen molar-refractivity contribution in [1.29, 1.82) is 0 Å². The molecule has 0 aliphatic heterocycles. The van der Waals surface area contributed by atoms with Gasteiger partial charge in [-0.1, -0.05) is 36.4 Å². The van der Waals surface area contributed by atoms with E-state index in [0.717, 1.165) is 11.4 Å². The largest absolute Gasteiger partial charge is 0.355 e. The number of hydrogen-bond donors (Lipinski definition) is 1. The smallest absolute Gasteiger partial charge is 0.108 e. The van der Waals surface area contributed by atoms with Crippen LogP contribution < -0.4 is 5.32 Å². The van der Waals surface area contributed by atoms with Crippen LogP contribution in [0.2, 0.25) is 0 Å². The molecule has 3 aromatic carbocycles. The Morgan fingerprint density at radius 3 is 2.32 bits per heavy atom. The van der Waals surface area contributed by atoms with Gasteiger partial charge in [-0.25, -0.2) is 0 Å². The van der Waals surface area contributed by atoms with Gasteiger partial charge in [-0.15, -0.1) is 4.91 Å². The van der Waals surface area contributed by atoms with Crippen molar-refractivity contribution in [2.24, 2.45) is 5.18 Å². The number of benzene rings is 3. The van der Waals surface area contributed by atoms with Crippen LogP contribution in [0, 0.1) is 4.91 Å². The van der Waals surface area contributed by atoms with E-state index in [-0.39, 0.29) is 0 Å². The molecule has 3 rings (SSSR count). The molecule has 0 fully saturated rings. The summed E-state index contributed by atoms with van der Waals surface area (Å²) in [5.41, 5.74) is 2.41. The maximum absolute atomic E-state index is 10.4. The summed E-state index contributed by atoms with van der Waals surface area (Å²) in [5, 5.41) is 8.61. The highest BCUT2D eigenvalue weighted by atomic mass is 16.3. The molecule has 0 aliphatic rings. The molecule has 92 valence electrons. The van der Waals surface area contributed by atoms with Gasteiger partial charge in [0.2, 0.25) is 0 Å². The van der Waals surface area contributed by atoms with Crippen LogP contribution >= 0.6 is 0 Å². The Bertz CT molecular complexity index is 715. The molecule has 0 radical (unpaired) electrons. The van der Waals surface area contributed by atoms with E-state index >= 15 is 0 Å². The Labute approximate surface area is 110 Å². The summed E-state index contributed by atoms with van der Waals surface area (Å²) in [5.74, 6) is 0. The standard InChI is InChI=1S/C16H12N2O/c19-18-14-10-8-13(9-11-14)17-16-7-3-5-12-4-1-2-6-15(12)16/h1-11,17H. The van der Waals surface area contributed by atoms with Crippen molar-refractivity contribution < 1.29 is 0 Å². The van der Waals surface area contributed by atoms with Crippen molar-refractivity contribution in [2.75, 3.05) is 5.32 Å². The Kier molecular flexibility index (Phi) is 2.94. The van der Waals surface area contributed by atoms with Gasteiger partial charge in [0.1, 0.15) is 5.69 Å². The molecule has 3 nitrogen and oxygen atoms in total. The van der Waals surface area contributed by atoms with Crippen molar-refractivity contribution in [1.82, 2.24) is 0 Å². The third-order valence-corrected chi connectivity index (χ3v) is 3.04. The molecule has 0 aromatic heterocycles. The van der Waals surface area contributed by atoms with E-state index in [2.05, 4.69) is 28.7 Å². The zero-order valence-electron chi connectivity index (χ0n) is 10.2. The normalized spacial score (nSPS) is 10.3. The van der Waals surface area contributed by atoms with Crippen molar-refractivity contribution in [3.8, 4) is 0 Å². The summed E-state index contributed by atoms with van der Waals surface area (Å²) in [4.78, 5) is 10.4. The Morgan fingerprint density at radius 2 is 1.53 bits per heavy atom. The monoisotopic (exact) mass is 248 g/mol. The predicted octanol–water partition coefficient (Wildman–Crippen LogP) is 4.98. The zero-order valence-corrected chi connectivity index (χ0v) is 10.2. The van der Waals surface area contributed by atoms with Crippen LogP contribution in [0.5, 0.6) is 0 Å². The molecule has 0 heterocycles. The SMILES string of the molecule is O=Nc1ccc(Nc2cccc3ccccc23)cc1. The topological polar surface area (TPSA) is 41.5 Å². The molecule has 0 unspecified atom stereocenters. The summed E-state index contributed by atoms with van der Waals surface area (Å²) in [6, 6.07) is 21.4. The molecular formula is C16H12N2O. The van der Waals surface area contributed by atoms with Gasteiger partial charge in [-0.2, -0.15) is 0 Å². The summed E-state index contributed by atoms with van der Waals surface area (Å²) in [6.07, 6.45) is 0. The van der Waals surface area contributed by atoms with Crippen LogP contribution in [0.1, 0.15) is 0 Å². The molecule has 3 aromatic rings. The van der Waals surface area contributed by atoms with Gasteiger partial charge in [0, 0.05) is 16.8 Å². The van der Waals surface area contributed by atoms with E-state index in [1.54, 1.807) is 12.1 Å². The van der Waals surface area contributed by atoms with Crippen LogP contribution in [-0.4, -0.2) is 0 Å². The lowest BCUT2D eigenvalue weighted by atomic mass is 10.1. The number of nitroso groups, excluding NO2 is 1. The minimum Gasteiger partial charge on any atom is -0.355 e. The molecule has 0 amide bonds. The molecule has 0 saturated heterocycles. The van der Waals surface area contributed by atoms with Crippen LogP contribution in [0.3, 0.4) is 0 Å². The van der Waals surface area contributed by atoms with E-state index in [4.69, 9.17) is 0 Å². The van der Waals surface area contributed by atoms with Crippen molar-refractivity contribution in [3.63, 3.8) is 0 Å². The fourth-order valence-electron chi connectivity index (χ4n) is 2.10. The van der Waals surface area contributed by atoms with Gasteiger partial charge in [-0.3, -0.25) is 0 Å². The highest BCUT2D eigenvalue weighted by molar-refractivity contribution is 5.95. The highest BCUT2D eigenvalue weighted by Gasteiger charge is 2.00. The fraction of sp³-hybridized carbons (Fsp3) is 0. The lowest BCUT2D eigenvalue weighted by Crippen LogP contribution is -1.90. The highest BCUT2D eigenvalue weighted by Crippen LogP contribution is 2.27. The van der Waals surface area contributed by atoms with Gasteiger partial charge < -0.3 is 5.32 Å². The number of hydrogen-bond acceptors (Lipinski definition) is 3. The first-order valence-electron chi connectivity index (χ1n) is 6.05. The van der Waals surface area contributed by atoms with Gasteiger partial charge >= 0.3 is 0 Å². The number of anilines is 2. The van der Waals surface area contributed by atoms with Crippen LogP contribution in [0.4, 0.5) is 17.1 Å². The van der Waals surface area contributed by atoms with E-state index in [1.807, 2.05) is 36.4 Å². The lowest BCUT2D eigenvalue weighted by molar-refractivity contribution is 1.48. The lowest BCUT2D eigenvalue weighted by Gasteiger charge is -2.09. The minimum absolute atomic E-state index is 0.434. The molecule has 0 aliphatic carbocycles. The first-order chi connectivity index (χ1) is 9.36. The van der Waals surface area contributed by atoms with Crippen LogP contribution in [0.15, 0.2) is 71.9 Å². The first kappa shape index (κ1) is 11.4. The predicted molar refractivity (Wildman–Crippen MR) is 79.1 cm³/mol. The number of nitrogens with zero attached hydrogens (tertiary/aromatic N) is 1.